The third-order valence-electron chi connectivity index (χ3n) is 3.30. The smallest absolute Gasteiger partial charge is 0.337 e. The first-order valence-corrected chi connectivity index (χ1v) is 7.82. The van der Waals surface area contributed by atoms with Crippen molar-refractivity contribution < 1.29 is 17.9 Å². The topological polar surface area (TPSA) is 75.7 Å². The van der Waals surface area contributed by atoms with Gasteiger partial charge in [-0.3, -0.25) is 0 Å². The van der Waals surface area contributed by atoms with Crippen LogP contribution in [0.15, 0.2) is 29.2 Å². The van der Waals surface area contributed by atoms with Crippen LogP contribution in [-0.2, 0) is 14.8 Å². The molecule has 0 spiro atoms. The van der Waals surface area contributed by atoms with Crippen LogP contribution in [-0.4, -0.2) is 51.5 Å². The fourth-order valence-electron chi connectivity index (χ4n) is 2.22. The van der Waals surface area contributed by atoms with Gasteiger partial charge in [0.2, 0.25) is 10.0 Å². The summed E-state index contributed by atoms with van der Waals surface area (Å²) in [5, 5.41) is 3.15. The van der Waals surface area contributed by atoms with E-state index in [9.17, 15) is 13.2 Å². The van der Waals surface area contributed by atoms with Crippen molar-refractivity contribution in [3.8, 4) is 0 Å². The van der Waals surface area contributed by atoms with Gasteiger partial charge in [0, 0.05) is 25.7 Å². The zero-order valence-electron chi connectivity index (χ0n) is 11.5. The molecular weight excluding hydrogens is 280 g/mol. The molecule has 0 amide bonds. The van der Waals surface area contributed by atoms with Crippen LogP contribution in [0.2, 0.25) is 0 Å². The van der Waals surface area contributed by atoms with E-state index < -0.39 is 16.0 Å². The number of methoxy groups -OCH3 is 1. The van der Waals surface area contributed by atoms with Crippen molar-refractivity contribution in [2.45, 2.75) is 17.9 Å². The Kier molecular flexibility index (Phi) is 4.42. The largest absolute Gasteiger partial charge is 0.465 e. The lowest BCUT2D eigenvalue weighted by atomic mass is 10.2. The van der Waals surface area contributed by atoms with E-state index in [2.05, 4.69) is 10.1 Å². The molecule has 0 aromatic heterocycles. The van der Waals surface area contributed by atoms with Crippen molar-refractivity contribution in [1.29, 1.82) is 0 Å². The summed E-state index contributed by atoms with van der Waals surface area (Å²) in [5.41, 5.74) is 0.233. The van der Waals surface area contributed by atoms with Crippen LogP contribution in [0.25, 0.3) is 0 Å². The van der Waals surface area contributed by atoms with Crippen molar-refractivity contribution in [1.82, 2.24) is 9.62 Å². The Hall–Kier alpha value is -1.44. The van der Waals surface area contributed by atoms with Crippen LogP contribution in [0.3, 0.4) is 0 Å². The second-order valence-corrected chi connectivity index (χ2v) is 6.58. The van der Waals surface area contributed by atoms with E-state index in [1.807, 2.05) is 6.92 Å². The molecule has 2 rings (SSSR count). The summed E-state index contributed by atoms with van der Waals surface area (Å²) < 4.78 is 31.3. The number of nitrogens with one attached hydrogen (secondary N) is 1. The number of sulfonamides is 1. The first kappa shape index (κ1) is 15.0. The van der Waals surface area contributed by atoms with Gasteiger partial charge in [0.15, 0.2) is 0 Å². The molecule has 1 heterocycles. The third-order valence-corrected chi connectivity index (χ3v) is 5.31. The van der Waals surface area contributed by atoms with Gasteiger partial charge in [0.25, 0.3) is 0 Å². The summed E-state index contributed by atoms with van der Waals surface area (Å²) in [6.45, 7) is 3.52. The van der Waals surface area contributed by atoms with E-state index in [1.54, 1.807) is 6.07 Å². The first-order chi connectivity index (χ1) is 9.46. The molecule has 0 saturated carbocycles. The molecular formula is C13H18N2O4S. The van der Waals surface area contributed by atoms with Crippen molar-refractivity contribution in [2.75, 3.05) is 26.7 Å². The molecule has 1 aromatic rings. The lowest BCUT2D eigenvalue weighted by Crippen LogP contribution is -2.52. The SMILES string of the molecule is COC(=O)c1cccc(S(=O)(=O)N2CCNC[C@H]2C)c1. The quantitative estimate of drug-likeness (QED) is 0.820. The molecule has 1 aliphatic rings. The number of benzene rings is 1. The van der Waals surface area contributed by atoms with Gasteiger partial charge in [-0.05, 0) is 25.1 Å². The normalized spacial score (nSPS) is 20.6. The Morgan fingerprint density at radius 1 is 1.45 bits per heavy atom. The fourth-order valence-corrected chi connectivity index (χ4v) is 3.89. The van der Waals surface area contributed by atoms with E-state index in [0.29, 0.717) is 19.6 Å². The standard InChI is InChI=1S/C13H18N2O4S/c1-10-9-14-6-7-15(10)20(17,18)12-5-3-4-11(8-12)13(16)19-2/h3-5,8,10,14H,6-7,9H2,1-2H3/t10-/m1/s1. The zero-order chi connectivity index (χ0) is 14.8. The van der Waals surface area contributed by atoms with Crippen LogP contribution in [0.5, 0.6) is 0 Å². The predicted octanol–water partition coefficient (Wildman–Crippen LogP) is 0.456. The fraction of sp³-hybridized carbons (Fsp3) is 0.462. The number of rotatable bonds is 3. The maximum atomic E-state index is 12.6. The maximum Gasteiger partial charge on any atom is 0.337 e. The first-order valence-electron chi connectivity index (χ1n) is 6.38. The summed E-state index contributed by atoms with van der Waals surface area (Å²) in [7, 11) is -2.32. The molecule has 0 radical (unpaired) electrons. The van der Waals surface area contributed by atoms with Crippen LogP contribution < -0.4 is 5.32 Å². The highest BCUT2D eigenvalue weighted by molar-refractivity contribution is 7.89. The number of nitrogens with zero attached hydrogens (tertiary/aromatic N) is 1. The number of esters is 1. The van der Waals surface area contributed by atoms with Crippen LogP contribution in [0.1, 0.15) is 17.3 Å². The molecule has 0 unspecified atom stereocenters. The molecule has 1 N–H and O–H groups in total. The van der Waals surface area contributed by atoms with Gasteiger partial charge < -0.3 is 10.1 Å². The Labute approximate surface area is 118 Å². The average molecular weight is 298 g/mol. The Morgan fingerprint density at radius 2 is 2.20 bits per heavy atom. The van der Waals surface area contributed by atoms with Crippen molar-refractivity contribution >= 4 is 16.0 Å². The molecule has 110 valence electrons. The molecule has 0 aliphatic carbocycles. The molecule has 1 aliphatic heterocycles. The molecule has 20 heavy (non-hydrogen) atoms. The highest BCUT2D eigenvalue weighted by Gasteiger charge is 2.31. The van der Waals surface area contributed by atoms with Gasteiger partial charge in [-0.2, -0.15) is 4.31 Å². The lowest BCUT2D eigenvalue weighted by molar-refractivity contribution is 0.0600. The molecule has 1 atom stereocenters. The highest BCUT2D eigenvalue weighted by atomic mass is 32.2. The number of ether oxygens (including phenoxy) is 1. The highest BCUT2D eigenvalue weighted by Crippen LogP contribution is 2.20. The molecule has 1 aromatic carbocycles. The number of hydrogen-bond acceptors (Lipinski definition) is 5. The summed E-state index contributed by atoms with van der Waals surface area (Å²) in [4.78, 5) is 11.6. The van der Waals surface area contributed by atoms with Crippen LogP contribution in [0.4, 0.5) is 0 Å². The minimum absolute atomic E-state index is 0.115. The van der Waals surface area contributed by atoms with Crippen LogP contribution in [0, 0.1) is 0 Å². The van der Waals surface area contributed by atoms with E-state index in [1.165, 1.54) is 29.6 Å². The minimum Gasteiger partial charge on any atom is -0.465 e. The molecule has 1 fully saturated rings. The van der Waals surface area contributed by atoms with Gasteiger partial charge in [0.1, 0.15) is 0 Å². The number of carbonyl (C=O) groups is 1. The van der Waals surface area contributed by atoms with Gasteiger partial charge in [-0.1, -0.05) is 6.07 Å². The molecule has 0 bridgehead atoms. The Bertz CT molecular complexity index is 600. The molecule has 7 heteroatoms. The third kappa shape index (κ3) is 2.84. The second kappa shape index (κ2) is 5.90. The van der Waals surface area contributed by atoms with Gasteiger partial charge in [0.05, 0.1) is 17.6 Å². The van der Waals surface area contributed by atoms with Crippen LogP contribution >= 0.6 is 0 Å². The monoisotopic (exact) mass is 298 g/mol. The lowest BCUT2D eigenvalue weighted by Gasteiger charge is -2.32. The second-order valence-electron chi connectivity index (χ2n) is 4.69. The summed E-state index contributed by atoms with van der Waals surface area (Å²) >= 11 is 0. The van der Waals surface area contributed by atoms with Crippen molar-refractivity contribution in [3.63, 3.8) is 0 Å². The number of carbonyl (C=O) groups excluding carboxylic acids is 1. The van der Waals surface area contributed by atoms with E-state index in [-0.39, 0.29) is 16.5 Å². The van der Waals surface area contributed by atoms with Gasteiger partial charge in [-0.25, -0.2) is 13.2 Å². The maximum absolute atomic E-state index is 12.6. The average Bonchev–Trinajstić information content (AvgIpc) is 2.47. The number of hydrogen-bond donors (Lipinski definition) is 1. The minimum atomic E-state index is -3.59. The molecule has 1 saturated heterocycles. The summed E-state index contributed by atoms with van der Waals surface area (Å²) in [6.07, 6.45) is 0. The summed E-state index contributed by atoms with van der Waals surface area (Å²) in [5.74, 6) is -0.546. The van der Waals surface area contributed by atoms with E-state index in [0.717, 1.165) is 0 Å². The van der Waals surface area contributed by atoms with Gasteiger partial charge >= 0.3 is 5.97 Å². The number of piperazine rings is 1. The van der Waals surface area contributed by atoms with E-state index >= 15 is 0 Å². The van der Waals surface area contributed by atoms with Gasteiger partial charge in [-0.15, -0.1) is 0 Å². The predicted molar refractivity (Wildman–Crippen MR) is 74.0 cm³/mol. The zero-order valence-corrected chi connectivity index (χ0v) is 12.3. The Morgan fingerprint density at radius 3 is 2.85 bits per heavy atom. The summed E-state index contributed by atoms with van der Waals surface area (Å²) in [6, 6.07) is 5.82. The Balaban J connectivity index is 2.36. The van der Waals surface area contributed by atoms with Crippen molar-refractivity contribution in [3.05, 3.63) is 29.8 Å². The van der Waals surface area contributed by atoms with Crippen molar-refractivity contribution in [2.24, 2.45) is 0 Å². The van der Waals surface area contributed by atoms with E-state index in [4.69, 9.17) is 0 Å². The molecule has 6 nitrogen and oxygen atoms in total.